The van der Waals surface area contributed by atoms with Crippen molar-refractivity contribution in [3.63, 3.8) is 0 Å². The van der Waals surface area contributed by atoms with Crippen LogP contribution in [0.3, 0.4) is 0 Å². The lowest BCUT2D eigenvalue weighted by molar-refractivity contribution is -0.114. The molecule has 0 bridgehead atoms. The molecule has 0 unspecified atom stereocenters. The molecule has 0 heterocycles. The molecule has 0 amide bonds. The second-order valence-electron chi connectivity index (χ2n) is 3.31. The molecule has 0 aromatic carbocycles. The van der Waals surface area contributed by atoms with E-state index in [1.807, 2.05) is 6.92 Å². The first-order valence-electron chi connectivity index (χ1n) is 4.72. The van der Waals surface area contributed by atoms with Crippen molar-refractivity contribution in [2.75, 3.05) is 6.54 Å². The van der Waals surface area contributed by atoms with Crippen molar-refractivity contribution in [3.05, 3.63) is 11.3 Å². The predicted octanol–water partition coefficient (Wildman–Crippen LogP) is 2.01. The lowest BCUT2D eigenvalue weighted by Gasteiger charge is -2.06. The minimum absolute atomic E-state index is 0.314. The van der Waals surface area contributed by atoms with Crippen molar-refractivity contribution in [2.45, 2.75) is 39.5 Å². The molecular formula is C10H17NO. The molecule has 2 heteroatoms. The number of rotatable bonds is 4. The van der Waals surface area contributed by atoms with E-state index in [-0.39, 0.29) is 0 Å². The largest absolute Gasteiger partial charge is 0.388 e. The van der Waals surface area contributed by atoms with Gasteiger partial charge < -0.3 is 5.32 Å². The zero-order valence-corrected chi connectivity index (χ0v) is 7.94. The summed E-state index contributed by atoms with van der Waals surface area (Å²) in [5.41, 5.74) is 2.12. The molecule has 68 valence electrons. The number of Topliss-reactive ketones (excluding diaryl/α,β-unsaturated/α-hetero) is 1. The van der Waals surface area contributed by atoms with Crippen LogP contribution in [-0.2, 0) is 4.79 Å². The van der Waals surface area contributed by atoms with E-state index in [2.05, 4.69) is 12.2 Å². The highest BCUT2D eigenvalue weighted by Gasteiger charge is 2.17. The fourth-order valence-electron chi connectivity index (χ4n) is 1.42. The molecule has 12 heavy (non-hydrogen) atoms. The SMILES string of the molecule is CCCCNC1=C(C)C(=O)CC1. The predicted molar refractivity (Wildman–Crippen MR) is 49.9 cm³/mol. The highest BCUT2D eigenvalue weighted by molar-refractivity contribution is 5.97. The molecule has 0 saturated heterocycles. The molecule has 0 aromatic rings. The molecule has 0 atom stereocenters. The second-order valence-corrected chi connectivity index (χ2v) is 3.31. The lowest BCUT2D eigenvalue weighted by Crippen LogP contribution is -2.14. The monoisotopic (exact) mass is 167 g/mol. The summed E-state index contributed by atoms with van der Waals surface area (Å²) in [6.07, 6.45) is 4.02. The van der Waals surface area contributed by atoms with Crippen molar-refractivity contribution in [1.29, 1.82) is 0 Å². The van der Waals surface area contributed by atoms with Gasteiger partial charge in [0.1, 0.15) is 0 Å². The number of carbonyl (C=O) groups excluding carboxylic acids is 1. The zero-order valence-electron chi connectivity index (χ0n) is 7.94. The van der Waals surface area contributed by atoms with Gasteiger partial charge in [0.05, 0.1) is 0 Å². The van der Waals surface area contributed by atoms with Crippen molar-refractivity contribution in [1.82, 2.24) is 5.32 Å². The molecule has 0 fully saturated rings. The first-order valence-corrected chi connectivity index (χ1v) is 4.72. The molecule has 1 N–H and O–H groups in total. The van der Waals surface area contributed by atoms with Gasteiger partial charge in [0.15, 0.2) is 5.78 Å². The average molecular weight is 167 g/mol. The van der Waals surface area contributed by atoms with Crippen LogP contribution in [0.1, 0.15) is 39.5 Å². The first kappa shape index (κ1) is 9.30. The van der Waals surface area contributed by atoms with Crippen LogP contribution in [0.4, 0.5) is 0 Å². The van der Waals surface area contributed by atoms with E-state index in [0.717, 1.165) is 18.5 Å². The standard InChI is InChI=1S/C10H17NO/c1-3-4-7-11-9-5-6-10(12)8(9)2/h11H,3-7H2,1-2H3. The van der Waals surface area contributed by atoms with Crippen LogP contribution in [0.25, 0.3) is 0 Å². The number of unbranched alkanes of at least 4 members (excludes halogenated alkanes) is 1. The summed E-state index contributed by atoms with van der Waals surface area (Å²) in [6, 6.07) is 0. The van der Waals surface area contributed by atoms with Crippen LogP contribution in [0, 0.1) is 0 Å². The normalized spacial score (nSPS) is 17.3. The Morgan fingerprint density at radius 1 is 1.42 bits per heavy atom. The van der Waals surface area contributed by atoms with E-state index in [9.17, 15) is 4.79 Å². The Kier molecular flexibility index (Phi) is 3.32. The molecule has 0 radical (unpaired) electrons. The van der Waals surface area contributed by atoms with Crippen molar-refractivity contribution < 1.29 is 4.79 Å². The Morgan fingerprint density at radius 3 is 2.67 bits per heavy atom. The molecule has 0 spiro atoms. The van der Waals surface area contributed by atoms with Gasteiger partial charge in [-0.3, -0.25) is 4.79 Å². The van der Waals surface area contributed by atoms with E-state index < -0.39 is 0 Å². The summed E-state index contributed by atoms with van der Waals surface area (Å²) in [5.74, 6) is 0.314. The highest BCUT2D eigenvalue weighted by Crippen LogP contribution is 2.19. The van der Waals surface area contributed by atoms with Crippen LogP contribution < -0.4 is 5.32 Å². The van der Waals surface area contributed by atoms with E-state index in [4.69, 9.17) is 0 Å². The highest BCUT2D eigenvalue weighted by atomic mass is 16.1. The molecule has 0 aromatic heterocycles. The smallest absolute Gasteiger partial charge is 0.160 e. The molecule has 1 rings (SSSR count). The maximum atomic E-state index is 11.1. The summed E-state index contributed by atoms with van der Waals surface area (Å²) >= 11 is 0. The fraction of sp³-hybridized carbons (Fsp3) is 0.700. The Bertz CT molecular complexity index is 206. The van der Waals surface area contributed by atoms with E-state index in [0.29, 0.717) is 12.2 Å². The Hall–Kier alpha value is -0.790. The molecule has 1 aliphatic rings. The summed E-state index contributed by atoms with van der Waals surface area (Å²) in [7, 11) is 0. The van der Waals surface area contributed by atoms with Gasteiger partial charge in [-0.1, -0.05) is 13.3 Å². The van der Waals surface area contributed by atoms with Gasteiger partial charge >= 0.3 is 0 Å². The van der Waals surface area contributed by atoms with Crippen LogP contribution in [0.2, 0.25) is 0 Å². The van der Waals surface area contributed by atoms with Crippen LogP contribution in [-0.4, -0.2) is 12.3 Å². The number of carbonyl (C=O) groups is 1. The van der Waals surface area contributed by atoms with Crippen molar-refractivity contribution in [2.24, 2.45) is 0 Å². The third kappa shape index (κ3) is 2.10. The van der Waals surface area contributed by atoms with Gasteiger partial charge in [0.25, 0.3) is 0 Å². The summed E-state index contributed by atoms with van der Waals surface area (Å²) in [6.45, 7) is 5.10. The number of hydrogen-bond donors (Lipinski definition) is 1. The number of allylic oxidation sites excluding steroid dienone is 2. The third-order valence-electron chi connectivity index (χ3n) is 2.34. The number of hydrogen-bond acceptors (Lipinski definition) is 2. The van der Waals surface area contributed by atoms with Crippen LogP contribution >= 0.6 is 0 Å². The van der Waals surface area contributed by atoms with E-state index >= 15 is 0 Å². The van der Waals surface area contributed by atoms with Gasteiger partial charge in [0, 0.05) is 24.2 Å². The van der Waals surface area contributed by atoms with Gasteiger partial charge in [-0.2, -0.15) is 0 Å². The lowest BCUT2D eigenvalue weighted by atomic mass is 10.2. The molecule has 1 aliphatic carbocycles. The summed E-state index contributed by atoms with van der Waals surface area (Å²) < 4.78 is 0. The van der Waals surface area contributed by atoms with Crippen molar-refractivity contribution >= 4 is 5.78 Å². The fourth-order valence-corrected chi connectivity index (χ4v) is 1.42. The Morgan fingerprint density at radius 2 is 2.17 bits per heavy atom. The molecular weight excluding hydrogens is 150 g/mol. The summed E-state index contributed by atoms with van der Waals surface area (Å²) in [5, 5.41) is 3.32. The van der Waals surface area contributed by atoms with Gasteiger partial charge in [-0.25, -0.2) is 0 Å². The van der Waals surface area contributed by atoms with Crippen LogP contribution in [0.5, 0.6) is 0 Å². The van der Waals surface area contributed by atoms with Gasteiger partial charge in [0.2, 0.25) is 0 Å². The average Bonchev–Trinajstić information content (AvgIpc) is 2.36. The Balaban J connectivity index is 2.37. The second kappa shape index (κ2) is 4.29. The molecule has 0 saturated carbocycles. The van der Waals surface area contributed by atoms with E-state index in [1.54, 1.807) is 0 Å². The van der Waals surface area contributed by atoms with Gasteiger partial charge in [-0.05, 0) is 19.8 Å². The summed E-state index contributed by atoms with van der Waals surface area (Å²) in [4.78, 5) is 11.1. The van der Waals surface area contributed by atoms with Crippen molar-refractivity contribution in [3.8, 4) is 0 Å². The first-order chi connectivity index (χ1) is 5.75. The maximum absolute atomic E-state index is 11.1. The van der Waals surface area contributed by atoms with E-state index in [1.165, 1.54) is 18.5 Å². The minimum atomic E-state index is 0.314. The Labute approximate surface area is 74.0 Å². The number of ketones is 1. The molecule has 0 aliphatic heterocycles. The van der Waals surface area contributed by atoms with Crippen LogP contribution in [0.15, 0.2) is 11.3 Å². The third-order valence-corrected chi connectivity index (χ3v) is 2.34. The maximum Gasteiger partial charge on any atom is 0.160 e. The van der Waals surface area contributed by atoms with Gasteiger partial charge in [-0.15, -0.1) is 0 Å². The topological polar surface area (TPSA) is 29.1 Å². The number of nitrogens with one attached hydrogen (secondary N) is 1. The quantitative estimate of drug-likeness (QED) is 0.649. The minimum Gasteiger partial charge on any atom is -0.388 e. The molecule has 2 nitrogen and oxygen atoms in total. The zero-order chi connectivity index (χ0) is 8.97.